The number of anilines is 1. The third-order valence-corrected chi connectivity index (χ3v) is 5.67. The third-order valence-electron chi connectivity index (χ3n) is 5.67. The molecule has 29 heavy (non-hydrogen) atoms. The van der Waals surface area contributed by atoms with E-state index in [1.807, 2.05) is 10.6 Å². The number of imidazole rings is 1. The maximum Gasteiger partial charge on any atom is 0.275 e. The first-order chi connectivity index (χ1) is 13.9. The minimum absolute atomic E-state index is 0.0268. The lowest BCUT2D eigenvalue weighted by atomic mass is 9.62. The zero-order valence-corrected chi connectivity index (χ0v) is 16.4. The number of ether oxygens (including phenoxy) is 3. The molecular formula is C20H21N5O4. The first kappa shape index (κ1) is 17.9. The van der Waals surface area contributed by atoms with Crippen LogP contribution in [0, 0.1) is 0 Å². The second-order valence-electron chi connectivity index (χ2n) is 7.88. The lowest BCUT2D eigenvalue weighted by Crippen LogP contribution is -2.45. The summed E-state index contributed by atoms with van der Waals surface area (Å²) in [6.07, 6.45) is 5.61. The molecule has 6 rings (SSSR count). The van der Waals surface area contributed by atoms with Crippen LogP contribution in [0.15, 0.2) is 30.6 Å². The van der Waals surface area contributed by atoms with Crippen molar-refractivity contribution in [3.63, 3.8) is 0 Å². The van der Waals surface area contributed by atoms with Crippen molar-refractivity contribution in [1.82, 2.24) is 19.4 Å². The maximum atomic E-state index is 12.6. The van der Waals surface area contributed by atoms with Gasteiger partial charge in [-0.1, -0.05) is 6.07 Å². The first-order valence-electron chi connectivity index (χ1n) is 9.34. The molecule has 5 heterocycles. The van der Waals surface area contributed by atoms with Gasteiger partial charge in [-0.05, 0) is 25.8 Å². The van der Waals surface area contributed by atoms with Crippen LogP contribution in [0.5, 0.6) is 11.8 Å². The van der Waals surface area contributed by atoms with Gasteiger partial charge in [0.2, 0.25) is 11.5 Å². The van der Waals surface area contributed by atoms with Gasteiger partial charge < -0.3 is 19.5 Å². The number of amides is 1. The van der Waals surface area contributed by atoms with Crippen molar-refractivity contribution >= 4 is 17.4 Å². The number of hydrogen-bond donors (Lipinski definition) is 1. The molecule has 0 unspecified atom stereocenters. The third kappa shape index (κ3) is 2.80. The van der Waals surface area contributed by atoms with E-state index in [0.29, 0.717) is 29.8 Å². The van der Waals surface area contributed by atoms with Gasteiger partial charge >= 0.3 is 0 Å². The van der Waals surface area contributed by atoms with Crippen LogP contribution >= 0.6 is 0 Å². The van der Waals surface area contributed by atoms with Crippen LogP contribution < -0.4 is 14.8 Å². The predicted octanol–water partition coefficient (Wildman–Crippen LogP) is 2.21. The summed E-state index contributed by atoms with van der Waals surface area (Å²) < 4.78 is 18.2. The Morgan fingerprint density at radius 3 is 2.69 bits per heavy atom. The number of fused-ring (bicyclic) bond motifs is 2. The second-order valence-corrected chi connectivity index (χ2v) is 7.88. The summed E-state index contributed by atoms with van der Waals surface area (Å²) in [7, 11) is 3.03. The second kappa shape index (κ2) is 6.15. The fraction of sp³-hybridized carbons (Fsp3) is 0.400. The van der Waals surface area contributed by atoms with Crippen LogP contribution in [-0.4, -0.2) is 51.7 Å². The molecular weight excluding hydrogens is 374 g/mol. The molecule has 0 aromatic carbocycles. The van der Waals surface area contributed by atoms with Crippen LogP contribution in [0.25, 0.3) is 5.65 Å². The number of methoxy groups -OCH3 is 2. The lowest BCUT2D eigenvalue weighted by Gasteiger charge is -2.41. The highest BCUT2D eigenvalue weighted by Gasteiger charge is 2.61. The van der Waals surface area contributed by atoms with Gasteiger partial charge in [0.1, 0.15) is 5.69 Å². The first-order valence-corrected chi connectivity index (χ1v) is 9.34. The number of nitrogens with zero attached hydrogens (tertiary/aromatic N) is 4. The van der Waals surface area contributed by atoms with Crippen LogP contribution in [0.3, 0.4) is 0 Å². The van der Waals surface area contributed by atoms with Gasteiger partial charge in [0.05, 0.1) is 38.3 Å². The Labute approximate surface area is 167 Å². The lowest BCUT2D eigenvalue weighted by molar-refractivity contribution is 0.0154. The largest absolute Gasteiger partial charge is 0.481 e. The fourth-order valence-electron chi connectivity index (χ4n) is 4.41. The molecule has 1 amide bonds. The molecule has 0 spiro atoms. The Kier molecular flexibility index (Phi) is 3.79. The molecule has 3 aromatic heterocycles. The summed E-state index contributed by atoms with van der Waals surface area (Å²) in [6, 6.07) is 4.99. The number of aromatic nitrogens is 4. The molecule has 2 saturated heterocycles. The van der Waals surface area contributed by atoms with E-state index in [2.05, 4.69) is 22.2 Å². The molecule has 0 atom stereocenters. The number of hydrogen-bond acceptors (Lipinski definition) is 7. The summed E-state index contributed by atoms with van der Waals surface area (Å²) in [5, 5.41) is 2.76. The van der Waals surface area contributed by atoms with Crippen molar-refractivity contribution in [2.75, 3.05) is 26.1 Å². The Bertz CT molecular complexity index is 1120. The van der Waals surface area contributed by atoms with Gasteiger partial charge in [0.25, 0.3) is 11.8 Å². The van der Waals surface area contributed by atoms with E-state index in [0.717, 1.165) is 18.5 Å². The van der Waals surface area contributed by atoms with Gasteiger partial charge in [0, 0.05) is 17.7 Å². The van der Waals surface area contributed by atoms with Crippen LogP contribution in [0.2, 0.25) is 0 Å². The van der Waals surface area contributed by atoms with Gasteiger partial charge in [-0.3, -0.25) is 9.20 Å². The van der Waals surface area contributed by atoms with Crippen molar-refractivity contribution < 1.29 is 19.0 Å². The minimum atomic E-state index is -0.393. The molecule has 3 aliphatic rings. The van der Waals surface area contributed by atoms with E-state index < -0.39 is 5.91 Å². The van der Waals surface area contributed by atoms with Crippen molar-refractivity contribution in [3.8, 4) is 11.8 Å². The van der Waals surface area contributed by atoms with E-state index in [1.165, 1.54) is 14.2 Å². The molecule has 3 fully saturated rings. The van der Waals surface area contributed by atoms with Crippen molar-refractivity contribution in [2.24, 2.45) is 0 Å². The van der Waals surface area contributed by atoms with Gasteiger partial charge in [-0.15, -0.1) is 0 Å². The van der Waals surface area contributed by atoms with Crippen LogP contribution in [0.1, 0.15) is 35.9 Å². The van der Waals surface area contributed by atoms with Gasteiger partial charge in [-0.25, -0.2) is 9.97 Å². The summed E-state index contributed by atoms with van der Waals surface area (Å²) in [5.74, 6) is 0.649. The Hall–Kier alpha value is -3.20. The quantitative estimate of drug-likeness (QED) is 0.707. The summed E-state index contributed by atoms with van der Waals surface area (Å²) >= 11 is 0. The molecule has 2 bridgehead atoms. The van der Waals surface area contributed by atoms with Crippen molar-refractivity contribution in [2.45, 2.75) is 30.8 Å². The van der Waals surface area contributed by atoms with E-state index in [4.69, 9.17) is 19.2 Å². The van der Waals surface area contributed by atoms with Crippen LogP contribution in [0.4, 0.5) is 5.82 Å². The topological polar surface area (TPSA) is 99.9 Å². The molecule has 0 radical (unpaired) electrons. The van der Waals surface area contributed by atoms with E-state index >= 15 is 0 Å². The van der Waals surface area contributed by atoms with E-state index in [1.54, 1.807) is 24.4 Å². The normalized spacial score (nSPS) is 24.9. The monoisotopic (exact) mass is 395 g/mol. The molecule has 3 aromatic rings. The number of rotatable bonds is 5. The molecule has 2 aliphatic heterocycles. The Morgan fingerprint density at radius 2 is 2.00 bits per heavy atom. The van der Waals surface area contributed by atoms with E-state index in [9.17, 15) is 4.79 Å². The summed E-state index contributed by atoms with van der Waals surface area (Å²) in [4.78, 5) is 25.9. The van der Waals surface area contributed by atoms with Crippen LogP contribution in [-0.2, 0) is 10.2 Å². The number of pyridine rings is 1. The number of carbonyl (C=O) groups is 1. The highest BCUT2D eigenvalue weighted by atomic mass is 16.5. The molecule has 9 nitrogen and oxygen atoms in total. The average Bonchev–Trinajstić information content (AvgIpc) is 3.38. The van der Waals surface area contributed by atoms with Gasteiger partial charge in [-0.2, -0.15) is 4.98 Å². The number of carbonyl (C=O) groups excluding carboxylic acids is 1. The standard InChI is InChI=1S/C20H21N5O4/c1-19-9-20(10-19,11-29-19)13-7-25-8-14(24-18(28-3)16(25)22-13)23-17(26)12-5-4-6-15(21-12)27-2/h4-8H,9-11H2,1-3H3,(H,23,26). The maximum absolute atomic E-state index is 12.6. The number of nitrogens with one attached hydrogen (secondary N) is 1. The molecule has 1 aliphatic carbocycles. The van der Waals surface area contributed by atoms with Gasteiger partial charge in [0.15, 0.2) is 5.82 Å². The Balaban J connectivity index is 1.46. The van der Waals surface area contributed by atoms with E-state index in [-0.39, 0.29) is 16.7 Å². The minimum Gasteiger partial charge on any atom is -0.481 e. The molecule has 150 valence electrons. The highest BCUT2D eigenvalue weighted by Crippen LogP contribution is 2.58. The molecule has 9 heteroatoms. The SMILES string of the molecule is COc1cccc(C(=O)Nc2cn3cc(C45COC(C)(C4)C5)nc3c(OC)n2)n1. The zero-order chi connectivity index (χ0) is 20.2. The summed E-state index contributed by atoms with van der Waals surface area (Å²) in [5.41, 5.74) is 1.73. The predicted molar refractivity (Wildman–Crippen MR) is 104 cm³/mol. The zero-order valence-electron chi connectivity index (χ0n) is 16.4. The molecule has 1 saturated carbocycles. The summed E-state index contributed by atoms with van der Waals surface area (Å²) in [6.45, 7) is 2.81. The fourth-order valence-corrected chi connectivity index (χ4v) is 4.41. The molecule has 1 N–H and O–H groups in total. The highest BCUT2D eigenvalue weighted by molar-refractivity contribution is 6.02. The Morgan fingerprint density at radius 1 is 1.17 bits per heavy atom. The smallest absolute Gasteiger partial charge is 0.275 e. The average molecular weight is 395 g/mol. The van der Waals surface area contributed by atoms with Crippen molar-refractivity contribution in [3.05, 3.63) is 42.0 Å². The van der Waals surface area contributed by atoms with Crippen molar-refractivity contribution in [1.29, 1.82) is 0 Å².